The lowest BCUT2D eigenvalue weighted by atomic mass is 9.95. The van der Waals surface area contributed by atoms with Crippen molar-refractivity contribution in [2.45, 2.75) is 32.4 Å². The van der Waals surface area contributed by atoms with E-state index in [4.69, 9.17) is 6.57 Å². The van der Waals surface area contributed by atoms with Crippen LogP contribution in [0.25, 0.3) is 4.85 Å². The number of nitrogens with zero attached hydrogens (tertiary/aromatic N) is 4. The fourth-order valence-electron chi connectivity index (χ4n) is 2.04. The summed E-state index contributed by atoms with van der Waals surface area (Å²) in [6, 6.07) is 1.70. The minimum Gasteiger partial charge on any atom is -0.380 e. The number of hydrogen-bond donors (Lipinski definition) is 1. The third-order valence-corrected chi connectivity index (χ3v) is 3.25. The molecule has 2 heterocycles. The van der Waals surface area contributed by atoms with E-state index in [9.17, 15) is 14.3 Å². The van der Waals surface area contributed by atoms with Gasteiger partial charge in [0.2, 0.25) is 0 Å². The standard InChI is InChI=1S/C15H15FN4O2/c1-10-4-11(6-18-14(10)17-3)5-13(21)15(2,22)9-20-8-12(16)7-19-20/h4,6-8,22H,5,9H2,1-2H3/t15-/m0/s1. The largest absolute Gasteiger partial charge is 0.380 e. The van der Waals surface area contributed by atoms with E-state index in [-0.39, 0.29) is 18.8 Å². The molecule has 114 valence electrons. The molecule has 2 aromatic rings. The Kier molecular flexibility index (Phi) is 4.33. The molecule has 1 N–H and O–H groups in total. The summed E-state index contributed by atoms with van der Waals surface area (Å²) in [6.45, 7) is 9.90. The van der Waals surface area contributed by atoms with Crippen LogP contribution in [0.15, 0.2) is 24.7 Å². The van der Waals surface area contributed by atoms with Crippen molar-refractivity contribution in [3.8, 4) is 0 Å². The number of aromatic nitrogens is 3. The van der Waals surface area contributed by atoms with E-state index < -0.39 is 17.2 Å². The van der Waals surface area contributed by atoms with Crippen LogP contribution in [0, 0.1) is 19.3 Å². The average molecular weight is 302 g/mol. The topological polar surface area (TPSA) is 72.4 Å². The van der Waals surface area contributed by atoms with Crippen molar-refractivity contribution >= 4 is 11.6 Å². The lowest BCUT2D eigenvalue weighted by Gasteiger charge is -2.21. The Morgan fingerprint density at radius 1 is 1.55 bits per heavy atom. The van der Waals surface area contributed by atoms with Crippen LogP contribution in [-0.2, 0) is 17.8 Å². The molecule has 0 spiro atoms. The Hall–Kier alpha value is -2.59. The normalized spacial score (nSPS) is 13.4. The van der Waals surface area contributed by atoms with Gasteiger partial charge in [0.25, 0.3) is 5.82 Å². The van der Waals surface area contributed by atoms with E-state index in [0.717, 1.165) is 12.4 Å². The van der Waals surface area contributed by atoms with Gasteiger partial charge in [-0.05, 0) is 19.4 Å². The molecule has 0 aliphatic heterocycles. The zero-order valence-corrected chi connectivity index (χ0v) is 12.2. The first-order valence-corrected chi connectivity index (χ1v) is 6.58. The summed E-state index contributed by atoms with van der Waals surface area (Å²) in [5.74, 6) is -0.673. The molecule has 22 heavy (non-hydrogen) atoms. The van der Waals surface area contributed by atoms with Crippen LogP contribution in [0.4, 0.5) is 10.2 Å². The van der Waals surface area contributed by atoms with E-state index in [1.165, 1.54) is 17.8 Å². The van der Waals surface area contributed by atoms with Gasteiger partial charge >= 0.3 is 0 Å². The van der Waals surface area contributed by atoms with E-state index in [2.05, 4.69) is 14.9 Å². The van der Waals surface area contributed by atoms with Crippen molar-refractivity contribution in [2.24, 2.45) is 0 Å². The van der Waals surface area contributed by atoms with Gasteiger partial charge < -0.3 is 9.95 Å². The fraction of sp³-hybridized carbons (Fsp3) is 0.333. The monoisotopic (exact) mass is 302 g/mol. The summed E-state index contributed by atoms with van der Waals surface area (Å²) in [4.78, 5) is 19.5. The zero-order chi connectivity index (χ0) is 16.3. The van der Waals surface area contributed by atoms with Crippen LogP contribution in [-0.4, -0.2) is 31.3 Å². The maximum absolute atomic E-state index is 12.9. The molecule has 2 rings (SSSR count). The second-order valence-corrected chi connectivity index (χ2v) is 5.33. The van der Waals surface area contributed by atoms with Gasteiger partial charge in [0, 0.05) is 12.0 Å². The maximum atomic E-state index is 12.9. The Morgan fingerprint density at radius 3 is 2.82 bits per heavy atom. The highest BCUT2D eigenvalue weighted by Crippen LogP contribution is 2.18. The Morgan fingerprint density at radius 2 is 2.27 bits per heavy atom. The van der Waals surface area contributed by atoms with Crippen molar-refractivity contribution in [3.63, 3.8) is 0 Å². The molecule has 0 bridgehead atoms. The number of rotatable bonds is 5. The van der Waals surface area contributed by atoms with Crippen LogP contribution in [0.5, 0.6) is 0 Å². The predicted molar refractivity (Wildman–Crippen MR) is 76.8 cm³/mol. The summed E-state index contributed by atoms with van der Waals surface area (Å²) in [6.07, 6.45) is 3.54. The number of aryl methyl sites for hydroxylation is 1. The minimum atomic E-state index is -1.68. The van der Waals surface area contributed by atoms with Crippen molar-refractivity contribution in [1.82, 2.24) is 14.8 Å². The Bertz CT molecular complexity index is 746. The molecule has 1 atom stereocenters. The molecule has 7 heteroatoms. The van der Waals surface area contributed by atoms with E-state index in [1.807, 2.05) is 0 Å². The molecule has 0 unspecified atom stereocenters. The fourth-order valence-corrected chi connectivity index (χ4v) is 2.04. The summed E-state index contributed by atoms with van der Waals surface area (Å²) >= 11 is 0. The highest BCUT2D eigenvalue weighted by molar-refractivity contribution is 5.88. The highest BCUT2D eigenvalue weighted by atomic mass is 19.1. The molecule has 0 radical (unpaired) electrons. The van der Waals surface area contributed by atoms with E-state index in [0.29, 0.717) is 11.1 Å². The predicted octanol–water partition coefficient (Wildman–Crippen LogP) is 1.84. The van der Waals surface area contributed by atoms with Gasteiger partial charge in [-0.1, -0.05) is 12.6 Å². The number of halogens is 1. The number of carbonyl (C=O) groups excluding carboxylic acids is 1. The smallest absolute Gasteiger partial charge is 0.272 e. The second-order valence-electron chi connectivity index (χ2n) is 5.33. The van der Waals surface area contributed by atoms with Gasteiger partial charge in [0.05, 0.1) is 18.9 Å². The molecule has 2 aromatic heterocycles. The average Bonchev–Trinajstić information content (AvgIpc) is 2.83. The second kappa shape index (κ2) is 6.03. The van der Waals surface area contributed by atoms with Crippen molar-refractivity contribution in [2.75, 3.05) is 0 Å². The third kappa shape index (κ3) is 3.54. The first kappa shape index (κ1) is 15.8. The Labute approximate surface area is 127 Å². The number of ketones is 1. The molecule has 6 nitrogen and oxygen atoms in total. The number of hydrogen-bond acceptors (Lipinski definition) is 4. The van der Waals surface area contributed by atoms with Gasteiger partial charge in [-0.25, -0.2) is 4.39 Å². The molecule has 0 aliphatic rings. The first-order valence-electron chi connectivity index (χ1n) is 6.58. The van der Waals surface area contributed by atoms with Crippen LogP contribution in [0.2, 0.25) is 0 Å². The van der Waals surface area contributed by atoms with Crippen LogP contribution in [0.1, 0.15) is 18.1 Å². The number of carbonyl (C=O) groups is 1. The van der Waals surface area contributed by atoms with Gasteiger partial charge in [0.15, 0.2) is 11.6 Å². The van der Waals surface area contributed by atoms with Crippen LogP contribution < -0.4 is 0 Å². The summed E-state index contributed by atoms with van der Waals surface area (Å²) in [5.41, 5.74) is -0.388. The molecule has 0 saturated carbocycles. The van der Waals surface area contributed by atoms with Crippen molar-refractivity contribution in [3.05, 3.63) is 53.0 Å². The van der Waals surface area contributed by atoms with Crippen molar-refractivity contribution < 1.29 is 14.3 Å². The molecule has 0 aromatic carbocycles. The molecule has 0 aliphatic carbocycles. The molecule has 0 saturated heterocycles. The number of pyridine rings is 1. The summed E-state index contributed by atoms with van der Waals surface area (Å²) in [7, 11) is 0. The molecule has 0 amide bonds. The summed E-state index contributed by atoms with van der Waals surface area (Å²) < 4.78 is 14.1. The zero-order valence-electron chi connectivity index (χ0n) is 12.2. The number of Topliss-reactive ketones (excluding diaryl/α,β-unsaturated/α-hetero) is 1. The maximum Gasteiger partial charge on any atom is 0.272 e. The molecular weight excluding hydrogens is 287 g/mol. The van der Waals surface area contributed by atoms with E-state index in [1.54, 1.807) is 13.0 Å². The lowest BCUT2D eigenvalue weighted by Crippen LogP contribution is -2.40. The third-order valence-electron chi connectivity index (χ3n) is 3.25. The van der Waals surface area contributed by atoms with Gasteiger partial charge in [-0.2, -0.15) is 5.10 Å². The molecular formula is C15H15FN4O2. The SMILES string of the molecule is [C-]#[N+]c1ncc(CC(=O)[C@@](C)(O)Cn2cc(F)cn2)cc1C. The van der Waals surface area contributed by atoms with E-state index >= 15 is 0 Å². The van der Waals surface area contributed by atoms with Gasteiger partial charge in [-0.3, -0.25) is 9.48 Å². The number of aliphatic hydroxyl groups is 1. The molecule has 0 fully saturated rings. The Balaban J connectivity index is 2.10. The van der Waals surface area contributed by atoms with Crippen LogP contribution in [0.3, 0.4) is 0 Å². The van der Waals surface area contributed by atoms with Gasteiger partial charge in [0.1, 0.15) is 11.8 Å². The van der Waals surface area contributed by atoms with Gasteiger partial charge in [-0.15, -0.1) is 4.98 Å². The first-order chi connectivity index (χ1) is 10.3. The minimum absolute atomic E-state index is 0.0249. The lowest BCUT2D eigenvalue weighted by molar-refractivity contribution is -0.136. The summed E-state index contributed by atoms with van der Waals surface area (Å²) in [5, 5.41) is 14.0. The quantitative estimate of drug-likeness (QED) is 0.855. The van der Waals surface area contributed by atoms with Crippen molar-refractivity contribution in [1.29, 1.82) is 0 Å². The van der Waals surface area contributed by atoms with Crippen LogP contribution >= 0.6 is 0 Å². The highest BCUT2D eigenvalue weighted by Gasteiger charge is 2.31.